The fourth-order valence-electron chi connectivity index (χ4n) is 1.90. The Morgan fingerprint density at radius 2 is 2.21 bits per heavy atom. The van der Waals surface area contributed by atoms with Gasteiger partial charge in [-0.2, -0.15) is 0 Å². The SMILES string of the molecule is Nc1ccccc1CC1(F)CCNC1. The molecule has 0 radical (unpaired) electrons. The zero-order valence-corrected chi connectivity index (χ0v) is 8.09. The molecule has 0 aliphatic carbocycles. The van der Waals surface area contributed by atoms with Crippen LogP contribution in [0.3, 0.4) is 0 Å². The van der Waals surface area contributed by atoms with Gasteiger partial charge < -0.3 is 11.1 Å². The predicted octanol–water partition coefficient (Wildman–Crippen LogP) is 1.51. The number of benzene rings is 1. The van der Waals surface area contributed by atoms with Gasteiger partial charge in [0.25, 0.3) is 0 Å². The lowest BCUT2D eigenvalue weighted by atomic mass is 9.94. The highest BCUT2D eigenvalue weighted by atomic mass is 19.1. The molecule has 14 heavy (non-hydrogen) atoms. The van der Waals surface area contributed by atoms with Gasteiger partial charge in [0, 0.05) is 18.7 Å². The minimum atomic E-state index is -1.10. The Labute approximate surface area is 83.3 Å². The normalized spacial score (nSPS) is 26.6. The van der Waals surface area contributed by atoms with Gasteiger partial charge in [-0.3, -0.25) is 0 Å². The summed E-state index contributed by atoms with van der Waals surface area (Å²) in [6.45, 7) is 1.21. The van der Waals surface area contributed by atoms with Crippen molar-refractivity contribution in [2.45, 2.75) is 18.5 Å². The first-order valence-corrected chi connectivity index (χ1v) is 4.93. The minimum absolute atomic E-state index is 0.423. The van der Waals surface area contributed by atoms with Gasteiger partial charge >= 0.3 is 0 Å². The van der Waals surface area contributed by atoms with Crippen molar-refractivity contribution in [2.75, 3.05) is 18.8 Å². The number of hydrogen-bond donors (Lipinski definition) is 2. The zero-order chi connectivity index (χ0) is 10.0. The van der Waals surface area contributed by atoms with E-state index in [0.717, 1.165) is 12.1 Å². The molecule has 1 unspecified atom stereocenters. The molecule has 1 atom stereocenters. The van der Waals surface area contributed by atoms with Crippen molar-refractivity contribution >= 4 is 5.69 Å². The molecule has 1 saturated heterocycles. The summed E-state index contributed by atoms with van der Waals surface area (Å²) in [5.41, 5.74) is 6.28. The van der Waals surface area contributed by atoms with Crippen LogP contribution >= 0.6 is 0 Å². The van der Waals surface area contributed by atoms with Gasteiger partial charge in [0.2, 0.25) is 0 Å². The van der Waals surface area contributed by atoms with Crippen LogP contribution in [0.5, 0.6) is 0 Å². The van der Waals surface area contributed by atoms with Crippen molar-refractivity contribution in [1.82, 2.24) is 5.32 Å². The van der Waals surface area contributed by atoms with Crippen LogP contribution in [0.15, 0.2) is 24.3 Å². The number of rotatable bonds is 2. The number of para-hydroxylation sites is 1. The summed E-state index contributed by atoms with van der Waals surface area (Å²) in [7, 11) is 0. The molecule has 1 aliphatic heterocycles. The minimum Gasteiger partial charge on any atom is -0.399 e. The Morgan fingerprint density at radius 1 is 1.43 bits per heavy atom. The highest BCUT2D eigenvalue weighted by Crippen LogP contribution is 2.27. The van der Waals surface area contributed by atoms with E-state index in [9.17, 15) is 4.39 Å². The molecular formula is C11H15FN2. The number of nitrogens with two attached hydrogens (primary N) is 1. The molecule has 1 fully saturated rings. The molecule has 76 valence electrons. The van der Waals surface area contributed by atoms with Crippen molar-refractivity contribution in [3.05, 3.63) is 29.8 Å². The number of alkyl halides is 1. The Bertz CT molecular complexity index is 319. The Hall–Kier alpha value is -1.09. The first-order chi connectivity index (χ1) is 6.70. The van der Waals surface area contributed by atoms with Gasteiger partial charge in [-0.05, 0) is 24.6 Å². The van der Waals surface area contributed by atoms with Crippen LogP contribution < -0.4 is 11.1 Å². The summed E-state index contributed by atoms with van der Waals surface area (Å²) in [4.78, 5) is 0. The number of halogens is 1. The molecule has 1 aromatic carbocycles. The first-order valence-electron chi connectivity index (χ1n) is 4.93. The lowest BCUT2D eigenvalue weighted by Crippen LogP contribution is -2.29. The van der Waals surface area contributed by atoms with Gasteiger partial charge in [0.15, 0.2) is 0 Å². The fourth-order valence-corrected chi connectivity index (χ4v) is 1.90. The predicted molar refractivity (Wildman–Crippen MR) is 55.9 cm³/mol. The van der Waals surface area contributed by atoms with Crippen molar-refractivity contribution in [3.8, 4) is 0 Å². The highest BCUT2D eigenvalue weighted by molar-refractivity contribution is 5.47. The fraction of sp³-hybridized carbons (Fsp3) is 0.455. The second-order valence-electron chi connectivity index (χ2n) is 3.95. The molecular weight excluding hydrogens is 179 g/mol. The van der Waals surface area contributed by atoms with E-state index in [1.807, 2.05) is 24.3 Å². The highest BCUT2D eigenvalue weighted by Gasteiger charge is 2.33. The van der Waals surface area contributed by atoms with Crippen molar-refractivity contribution in [3.63, 3.8) is 0 Å². The first kappa shape index (κ1) is 9.46. The molecule has 0 amide bonds. The molecule has 0 bridgehead atoms. The maximum Gasteiger partial charge on any atom is 0.128 e. The summed E-state index contributed by atoms with van der Waals surface area (Å²) in [5.74, 6) is 0. The second kappa shape index (κ2) is 3.58. The number of anilines is 1. The molecule has 1 heterocycles. The number of nitrogens with one attached hydrogen (secondary N) is 1. The summed E-state index contributed by atoms with van der Waals surface area (Å²) >= 11 is 0. The summed E-state index contributed by atoms with van der Waals surface area (Å²) in [6.07, 6.45) is 1.01. The topological polar surface area (TPSA) is 38.0 Å². The van der Waals surface area contributed by atoms with Crippen molar-refractivity contribution < 1.29 is 4.39 Å². The van der Waals surface area contributed by atoms with E-state index in [-0.39, 0.29) is 0 Å². The van der Waals surface area contributed by atoms with Crippen LogP contribution in [0.2, 0.25) is 0 Å². The van der Waals surface area contributed by atoms with E-state index in [4.69, 9.17) is 5.73 Å². The zero-order valence-electron chi connectivity index (χ0n) is 8.09. The molecule has 1 aliphatic rings. The van der Waals surface area contributed by atoms with Gasteiger partial charge in [0.1, 0.15) is 5.67 Å². The number of nitrogen functional groups attached to an aromatic ring is 1. The lowest BCUT2D eigenvalue weighted by Gasteiger charge is -2.18. The molecule has 3 heteroatoms. The molecule has 0 spiro atoms. The van der Waals surface area contributed by atoms with E-state index in [2.05, 4.69) is 5.32 Å². The Morgan fingerprint density at radius 3 is 2.86 bits per heavy atom. The quantitative estimate of drug-likeness (QED) is 0.700. The Kier molecular flexibility index (Phi) is 2.42. The third kappa shape index (κ3) is 1.87. The van der Waals surface area contributed by atoms with Crippen LogP contribution in [0.25, 0.3) is 0 Å². The van der Waals surface area contributed by atoms with Gasteiger partial charge in [-0.25, -0.2) is 4.39 Å². The molecule has 1 aromatic rings. The van der Waals surface area contributed by atoms with Crippen molar-refractivity contribution in [2.24, 2.45) is 0 Å². The van der Waals surface area contributed by atoms with Crippen LogP contribution in [-0.4, -0.2) is 18.8 Å². The van der Waals surface area contributed by atoms with Crippen molar-refractivity contribution in [1.29, 1.82) is 0 Å². The Balaban J connectivity index is 2.14. The maximum absolute atomic E-state index is 14.1. The van der Waals surface area contributed by atoms with E-state index in [1.165, 1.54) is 0 Å². The van der Waals surface area contributed by atoms with Crippen LogP contribution in [0.4, 0.5) is 10.1 Å². The third-order valence-electron chi connectivity index (χ3n) is 2.75. The van der Waals surface area contributed by atoms with E-state index in [0.29, 0.717) is 25.1 Å². The average Bonchev–Trinajstić information content (AvgIpc) is 2.57. The standard InChI is InChI=1S/C11H15FN2/c12-11(5-6-14-8-11)7-9-3-1-2-4-10(9)13/h1-4,14H,5-8,13H2. The smallest absolute Gasteiger partial charge is 0.128 e. The molecule has 0 saturated carbocycles. The number of hydrogen-bond acceptors (Lipinski definition) is 2. The molecule has 2 nitrogen and oxygen atoms in total. The molecule has 0 aromatic heterocycles. The van der Waals surface area contributed by atoms with Gasteiger partial charge in [-0.1, -0.05) is 18.2 Å². The summed E-state index contributed by atoms with van der Waals surface area (Å²) in [5, 5.41) is 3.04. The monoisotopic (exact) mass is 194 g/mol. The van der Waals surface area contributed by atoms with E-state index in [1.54, 1.807) is 0 Å². The maximum atomic E-state index is 14.1. The van der Waals surface area contributed by atoms with Crippen LogP contribution in [0.1, 0.15) is 12.0 Å². The molecule has 2 rings (SSSR count). The second-order valence-corrected chi connectivity index (χ2v) is 3.95. The van der Waals surface area contributed by atoms with Gasteiger partial charge in [0.05, 0.1) is 0 Å². The molecule has 3 N–H and O–H groups in total. The third-order valence-corrected chi connectivity index (χ3v) is 2.75. The summed E-state index contributed by atoms with van der Waals surface area (Å²) < 4.78 is 14.1. The van der Waals surface area contributed by atoms with E-state index < -0.39 is 5.67 Å². The largest absolute Gasteiger partial charge is 0.399 e. The van der Waals surface area contributed by atoms with Gasteiger partial charge in [-0.15, -0.1) is 0 Å². The van der Waals surface area contributed by atoms with E-state index >= 15 is 0 Å². The average molecular weight is 194 g/mol. The van der Waals surface area contributed by atoms with Crippen LogP contribution in [-0.2, 0) is 6.42 Å². The van der Waals surface area contributed by atoms with Crippen LogP contribution in [0, 0.1) is 0 Å². The lowest BCUT2D eigenvalue weighted by molar-refractivity contribution is 0.191. The summed E-state index contributed by atoms with van der Waals surface area (Å²) in [6, 6.07) is 7.49.